The minimum absolute atomic E-state index is 0.0772. The van der Waals surface area contributed by atoms with Crippen LogP contribution in [0.3, 0.4) is 0 Å². The molecule has 16 heavy (non-hydrogen) atoms. The number of carbonyl (C=O) groups excluding carboxylic acids is 1. The van der Waals surface area contributed by atoms with Crippen LogP contribution in [0.5, 0.6) is 0 Å². The summed E-state index contributed by atoms with van der Waals surface area (Å²) in [5, 5.41) is 23.5. The first kappa shape index (κ1) is 13.4. The van der Waals surface area contributed by atoms with E-state index in [0.29, 0.717) is 12.3 Å². The molecule has 0 bridgehead atoms. The lowest BCUT2D eigenvalue weighted by Gasteiger charge is -2.22. The van der Waals surface area contributed by atoms with E-state index in [2.05, 4.69) is 10.6 Å². The van der Waals surface area contributed by atoms with Crippen molar-refractivity contribution in [3.8, 4) is 0 Å². The summed E-state index contributed by atoms with van der Waals surface area (Å²) >= 11 is 0. The second kappa shape index (κ2) is 7.60. The molecule has 1 saturated heterocycles. The van der Waals surface area contributed by atoms with Crippen LogP contribution in [0.2, 0.25) is 0 Å². The highest BCUT2D eigenvalue weighted by molar-refractivity contribution is 5.76. The van der Waals surface area contributed by atoms with Crippen molar-refractivity contribution in [2.24, 2.45) is 5.92 Å². The summed E-state index contributed by atoms with van der Waals surface area (Å²) in [6.45, 7) is 1.66. The first-order valence-electron chi connectivity index (χ1n) is 5.98. The van der Waals surface area contributed by atoms with Gasteiger partial charge in [-0.15, -0.1) is 0 Å². The zero-order valence-electron chi connectivity index (χ0n) is 9.61. The van der Waals surface area contributed by atoms with Crippen molar-refractivity contribution in [1.29, 1.82) is 0 Å². The number of hydrogen-bond donors (Lipinski definition) is 4. The van der Waals surface area contributed by atoms with E-state index in [1.54, 1.807) is 0 Å². The fourth-order valence-electron chi connectivity index (χ4n) is 1.95. The maximum atomic E-state index is 11.5. The zero-order chi connectivity index (χ0) is 11.8. The Kier molecular flexibility index (Phi) is 6.37. The molecule has 0 aromatic rings. The lowest BCUT2D eigenvalue weighted by Crippen LogP contribution is -2.40. The molecule has 5 nitrogen and oxygen atoms in total. The molecule has 0 aromatic carbocycles. The quantitative estimate of drug-likeness (QED) is 0.483. The number of nitrogens with one attached hydrogen (secondary N) is 2. The predicted octanol–water partition coefficient (Wildman–Crippen LogP) is -0.764. The zero-order valence-corrected chi connectivity index (χ0v) is 9.61. The largest absolute Gasteiger partial charge is 0.394 e. The molecule has 0 aliphatic carbocycles. The molecule has 1 amide bonds. The van der Waals surface area contributed by atoms with Gasteiger partial charge in [-0.2, -0.15) is 0 Å². The third kappa shape index (κ3) is 4.92. The normalized spacial score (nSPS) is 17.7. The molecule has 1 aliphatic rings. The van der Waals surface area contributed by atoms with Crippen molar-refractivity contribution in [2.45, 2.75) is 31.7 Å². The van der Waals surface area contributed by atoms with Crippen molar-refractivity contribution < 1.29 is 15.0 Å². The fraction of sp³-hybridized carbons (Fsp3) is 0.909. The number of amides is 1. The molecule has 1 rings (SSSR count). The molecule has 0 atom stereocenters. The van der Waals surface area contributed by atoms with Gasteiger partial charge in [-0.05, 0) is 38.3 Å². The van der Waals surface area contributed by atoms with Gasteiger partial charge in [0.1, 0.15) is 0 Å². The van der Waals surface area contributed by atoms with Crippen molar-refractivity contribution in [3.63, 3.8) is 0 Å². The summed E-state index contributed by atoms with van der Waals surface area (Å²) in [4.78, 5) is 11.5. The molecule has 0 radical (unpaired) electrons. The summed E-state index contributed by atoms with van der Waals surface area (Å²) in [6.07, 6.45) is 3.66. The third-order valence-electron chi connectivity index (χ3n) is 3.04. The van der Waals surface area contributed by atoms with E-state index in [9.17, 15) is 4.79 Å². The Hall–Kier alpha value is -0.650. The highest BCUT2D eigenvalue weighted by Gasteiger charge is 2.15. The van der Waals surface area contributed by atoms with Gasteiger partial charge >= 0.3 is 0 Å². The van der Waals surface area contributed by atoms with Crippen molar-refractivity contribution in [2.75, 3.05) is 26.3 Å². The highest BCUT2D eigenvalue weighted by atomic mass is 16.3. The van der Waals surface area contributed by atoms with Crippen LogP contribution >= 0.6 is 0 Å². The van der Waals surface area contributed by atoms with Crippen molar-refractivity contribution in [3.05, 3.63) is 0 Å². The fourth-order valence-corrected chi connectivity index (χ4v) is 1.95. The van der Waals surface area contributed by atoms with E-state index in [-0.39, 0.29) is 19.1 Å². The van der Waals surface area contributed by atoms with Gasteiger partial charge in [-0.1, -0.05) is 0 Å². The maximum absolute atomic E-state index is 11.5. The number of aliphatic hydroxyl groups excluding tert-OH is 2. The minimum atomic E-state index is -0.513. The molecule has 1 heterocycles. The Morgan fingerprint density at radius 2 is 1.94 bits per heavy atom. The molecule has 4 N–H and O–H groups in total. The topological polar surface area (TPSA) is 81.6 Å². The van der Waals surface area contributed by atoms with Crippen LogP contribution in [-0.4, -0.2) is 48.5 Å². The van der Waals surface area contributed by atoms with Crippen LogP contribution in [0.1, 0.15) is 25.7 Å². The molecule has 0 unspecified atom stereocenters. The van der Waals surface area contributed by atoms with Gasteiger partial charge in [0.15, 0.2) is 0 Å². The summed E-state index contributed by atoms with van der Waals surface area (Å²) < 4.78 is 0. The maximum Gasteiger partial charge on any atom is 0.220 e. The van der Waals surface area contributed by atoms with E-state index >= 15 is 0 Å². The summed E-state index contributed by atoms with van der Waals surface area (Å²) in [7, 11) is 0. The molecular weight excluding hydrogens is 208 g/mol. The predicted molar refractivity (Wildman–Crippen MR) is 60.9 cm³/mol. The Bertz CT molecular complexity index is 201. The van der Waals surface area contributed by atoms with Gasteiger partial charge in [0, 0.05) is 6.42 Å². The minimum Gasteiger partial charge on any atom is -0.394 e. The molecule has 1 fully saturated rings. The molecule has 5 heteroatoms. The van der Waals surface area contributed by atoms with Crippen molar-refractivity contribution >= 4 is 5.91 Å². The van der Waals surface area contributed by atoms with Gasteiger partial charge in [0.25, 0.3) is 0 Å². The average molecular weight is 230 g/mol. The number of carbonyl (C=O) groups is 1. The highest BCUT2D eigenvalue weighted by Crippen LogP contribution is 2.17. The van der Waals surface area contributed by atoms with E-state index in [1.165, 1.54) is 0 Å². The van der Waals surface area contributed by atoms with Crippen LogP contribution in [0, 0.1) is 5.92 Å². The Morgan fingerprint density at radius 3 is 2.50 bits per heavy atom. The standard InChI is InChI=1S/C11H22N2O3/c14-7-10(8-15)13-11(16)2-1-9-3-5-12-6-4-9/h9-10,12,14-15H,1-8H2,(H,13,16). The van der Waals surface area contributed by atoms with Gasteiger partial charge in [0.05, 0.1) is 19.3 Å². The van der Waals surface area contributed by atoms with Crippen LogP contribution in [-0.2, 0) is 4.79 Å². The van der Waals surface area contributed by atoms with Crippen LogP contribution in [0.15, 0.2) is 0 Å². The van der Waals surface area contributed by atoms with Crippen LogP contribution in [0.25, 0.3) is 0 Å². The van der Waals surface area contributed by atoms with Crippen LogP contribution < -0.4 is 10.6 Å². The molecule has 0 saturated carbocycles. The van der Waals surface area contributed by atoms with E-state index < -0.39 is 6.04 Å². The Morgan fingerprint density at radius 1 is 1.31 bits per heavy atom. The number of aliphatic hydroxyl groups is 2. The number of hydrogen-bond acceptors (Lipinski definition) is 4. The molecule has 94 valence electrons. The Balaban J connectivity index is 2.13. The monoisotopic (exact) mass is 230 g/mol. The molecule has 0 aromatic heterocycles. The second-order valence-electron chi connectivity index (χ2n) is 4.36. The number of rotatable bonds is 6. The van der Waals surface area contributed by atoms with Crippen molar-refractivity contribution in [1.82, 2.24) is 10.6 Å². The average Bonchev–Trinajstić information content (AvgIpc) is 2.34. The summed E-state index contributed by atoms with van der Waals surface area (Å²) in [5.74, 6) is 0.556. The van der Waals surface area contributed by atoms with E-state index in [0.717, 1.165) is 32.4 Å². The van der Waals surface area contributed by atoms with Gasteiger partial charge < -0.3 is 20.8 Å². The van der Waals surface area contributed by atoms with Gasteiger partial charge in [0.2, 0.25) is 5.91 Å². The molecule has 1 aliphatic heterocycles. The van der Waals surface area contributed by atoms with E-state index in [1.807, 2.05) is 0 Å². The van der Waals surface area contributed by atoms with E-state index in [4.69, 9.17) is 10.2 Å². The van der Waals surface area contributed by atoms with Crippen LogP contribution in [0.4, 0.5) is 0 Å². The van der Waals surface area contributed by atoms with Gasteiger partial charge in [-0.25, -0.2) is 0 Å². The Labute approximate surface area is 96.2 Å². The first-order chi connectivity index (χ1) is 7.76. The SMILES string of the molecule is O=C(CCC1CCNCC1)NC(CO)CO. The lowest BCUT2D eigenvalue weighted by atomic mass is 9.93. The van der Waals surface area contributed by atoms with Gasteiger partial charge in [-0.3, -0.25) is 4.79 Å². The number of piperidine rings is 1. The summed E-state index contributed by atoms with van der Waals surface area (Å²) in [5.41, 5.74) is 0. The second-order valence-corrected chi connectivity index (χ2v) is 4.36. The third-order valence-corrected chi connectivity index (χ3v) is 3.04. The molecule has 0 spiro atoms. The molecular formula is C11H22N2O3. The lowest BCUT2D eigenvalue weighted by molar-refractivity contribution is -0.122. The summed E-state index contributed by atoms with van der Waals surface area (Å²) in [6, 6.07) is -0.513. The smallest absolute Gasteiger partial charge is 0.220 e. The first-order valence-corrected chi connectivity index (χ1v) is 5.98.